The van der Waals surface area contributed by atoms with E-state index in [2.05, 4.69) is 30.9 Å². The Bertz CT molecular complexity index is 222. The maximum atomic E-state index is 5.66. The summed E-state index contributed by atoms with van der Waals surface area (Å²) in [4.78, 5) is 3.90. The molecule has 0 saturated carbocycles. The zero-order valence-corrected chi connectivity index (χ0v) is 7.86. The van der Waals surface area contributed by atoms with Crippen LogP contribution in [-0.4, -0.2) is 21.3 Å². The predicted octanol–water partition coefficient (Wildman–Crippen LogP) is 0.824. The van der Waals surface area contributed by atoms with E-state index in [9.17, 15) is 0 Å². The Hall–Kier alpha value is -0.900. The third-order valence-corrected chi connectivity index (χ3v) is 1.98. The van der Waals surface area contributed by atoms with Gasteiger partial charge in [0, 0.05) is 6.54 Å². The van der Waals surface area contributed by atoms with E-state index in [0.29, 0.717) is 6.54 Å². The van der Waals surface area contributed by atoms with Crippen LogP contribution in [0, 0.1) is 5.41 Å². The molecule has 0 saturated heterocycles. The van der Waals surface area contributed by atoms with Gasteiger partial charge in [-0.3, -0.25) is 0 Å². The third kappa shape index (κ3) is 1.82. The summed E-state index contributed by atoms with van der Waals surface area (Å²) in [6, 6.07) is 0.222. The Balaban J connectivity index is 2.84. The van der Waals surface area contributed by atoms with Gasteiger partial charge >= 0.3 is 0 Å². The fourth-order valence-electron chi connectivity index (χ4n) is 1.24. The molecule has 0 aliphatic carbocycles. The van der Waals surface area contributed by atoms with Crippen molar-refractivity contribution in [2.24, 2.45) is 11.1 Å². The molecule has 0 fully saturated rings. The van der Waals surface area contributed by atoms with Crippen LogP contribution in [0.15, 0.2) is 12.7 Å². The number of nitrogens with zero attached hydrogens (tertiary/aromatic N) is 3. The van der Waals surface area contributed by atoms with Gasteiger partial charge in [0.2, 0.25) is 0 Å². The molecule has 1 aromatic rings. The molecule has 4 heteroatoms. The highest BCUT2D eigenvalue weighted by atomic mass is 15.3. The highest BCUT2D eigenvalue weighted by molar-refractivity contribution is 4.80. The van der Waals surface area contributed by atoms with Crippen molar-refractivity contribution in [3.63, 3.8) is 0 Å². The summed E-state index contributed by atoms with van der Waals surface area (Å²) in [5.41, 5.74) is 5.79. The lowest BCUT2D eigenvalue weighted by Gasteiger charge is -2.29. The van der Waals surface area contributed by atoms with Gasteiger partial charge in [-0.05, 0) is 5.41 Å². The molecular formula is C8H16N4. The zero-order valence-electron chi connectivity index (χ0n) is 7.86. The first-order valence-corrected chi connectivity index (χ1v) is 4.10. The number of hydrogen-bond donors (Lipinski definition) is 1. The summed E-state index contributed by atoms with van der Waals surface area (Å²) in [7, 11) is 0. The molecule has 0 aliphatic heterocycles. The minimum Gasteiger partial charge on any atom is -0.328 e. The molecular weight excluding hydrogens is 152 g/mol. The molecule has 12 heavy (non-hydrogen) atoms. The molecule has 1 unspecified atom stereocenters. The monoisotopic (exact) mass is 168 g/mol. The molecule has 2 N–H and O–H groups in total. The SMILES string of the molecule is CC(C)(C)C(CN)n1cncn1. The molecule has 0 aliphatic rings. The first kappa shape index (κ1) is 9.19. The molecule has 1 rings (SSSR count). The summed E-state index contributed by atoms with van der Waals surface area (Å²) in [5, 5.41) is 4.08. The Morgan fingerprint density at radius 1 is 1.50 bits per heavy atom. The van der Waals surface area contributed by atoms with Crippen LogP contribution in [0.25, 0.3) is 0 Å². The lowest BCUT2D eigenvalue weighted by Crippen LogP contribution is -2.31. The lowest BCUT2D eigenvalue weighted by molar-refractivity contribution is 0.231. The van der Waals surface area contributed by atoms with Crippen LogP contribution >= 0.6 is 0 Å². The van der Waals surface area contributed by atoms with E-state index >= 15 is 0 Å². The summed E-state index contributed by atoms with van der Waals surface area (Å²) in [5.74, 6) is 0. The van der Waals surface area contributed by atoms with E-state index in [0.717, 1.165) is 0 Å². The molecule has 1 atom stereocenters. The third-order valence-electron chi connectivity index (χ3n) is 1.98. The van der Waals surface area contributed by atoms with Gasteiger partial charge in [0.25, 0.3) is 0 Å². The Kier molecular flexibility index (Phi) is 2.47. The van der Waals surface area contributed by atoms with Crippen molar-refractivity contribution in [2.45, 2.75) is 26.8 Å². The lowest BCUT2D eigenvalue weighted by atomic mass is 9.87. The molecule has 0 radical (unpaired) electrons. The Morgan fingerprint density at radius 2 is 2.17 bits per heavy atom. The van der Waals surface area contributed by atoms with Crippen molar-refractivity contribution < 1.29 is 0 Å². The number of aromatic nitrogens is 3. The van der Waals surface area contributed by atoms with Crippen molar-refractivity contribution in [3.05, 3.63) is 12.7 Å². The van der Waals surface area contributed by atoms with Crippen LogP contribution in [0.2, 0.25) is 0 Å². The Morgan fingerprint density at radius 3 is 2.50 bits per heavy atom. The summed E-state index contributed by atoms with van der Waals surface area (Å²) in [6.45, 7) is 7.03. The van der Waals surface area contributed by atoms with Crippen molar-refractivity contribution in [2.75, 3.05) is 6.54 Å². The van der Waals surface area contributed by atoms with E-state index in [1.807, 2.05) is 4.68 Å². The van der Waals surface area contributed by atoms with E-state index < -0.39 is 0 Å². The van der Waals surface area contributed by atoms with E-state index in [1.54, 1.807) is 6.33 Å². The summed E-state index contributed by atoms with van der Waals surface area (Å²) in [6.07, 6.45) is 3.25. The molecule has 4 nitrogen and oxygen atoms in total. The molecule has 1 heterocycles. The van der Waals surface area contributed by atoms with Crippen molar-refractivity contribution in [3.8, 4) is 0 Å². The van der Waals surface area contributed by atoms with E-state index in [-0.39, 0.29) is 11.5 Å². The number of rotatable bonds is 2. The minimum absolute atomic E-state index is 0.127. The first-order chi connectivity index (χ1) is 5.55. The Labute approximate surface area is 72.8 Å². The van der Waals surface area contributed by atoms with Crippen LogP contribution in [-0.2, 0) is 0 Å². The predicted molar refractivity (Wildman–Crippen MR) is 47.6 cm³/mol. The zero-order chi connectivity index (χ0) is 9.19. The molecule has 0 spiro atoms. The van der Waals surface area contributed by atoms with Crippen LogP contribution in [0.1, 0.15) is 26.8 Å². The van der Waals surface area contributed by atoms with Gasteiger partial charge in [-0.2, -0.15) is 5.10 Å². The van der Waals surface area contributed by atoms with Gasteiger partial charge in [-0.25, -0.2) is 9.67 Å². The number of nitrogens with two attached hydrogens (primary N) is 1. The maximum absolute atomic E-state index is 5.66. The van der Waals surface area contributed by atoms with Crippen molar-refractivity contribution in [1.82, 2.24) is 14.8 Å². The highest BCUT2D eigenvalue weighted by Crippen LogP contribution is 2.28. The molecule has 68 valence electrons. The normalized spacial score (nSPS) is 14.7. The van der Waals surface area contributed by atoms with Crippen LogP contribution in [0.3, 0.4) is 0 Å². The van der Waals surface area contributed by atoms with Gasteiger partial charge in [0.05, 0.1) is 6.04 Å². The van der Waals surface area contributed by atoms with Crippen LogP contribution < -0.4 is 5.73 Å². The van der Waals surface area contributed by atoms with Crippen molar-refractivity contribution in [1.29, 1.82) is 0 Å². The molecule has 1 aromatic heterocycles. The average Bonchev–Trinajstić information content (AvgIpc) is 2.38. The average molecular weight is 168 g/mol. The highest BCUT2D eigenvalue weighted by Gasteiger charge is 2.25. The van der Waals surface area contributed by atoms with Crippen molar-refractivity contribution >= 4 is 0 Å². The summed E-state index contributed by atoms with van der Waals surface area (Å²) < 4.78 is 1.82. The largest absolute Gasteiger partial charge is 0.328 e. The van der Waals surface area contributed by atoms with Crippen LogP contribution in [0.4, 0.5) is 0 Å². The summed E-state index contributed by atoms with van der Waals surface area (Å²) >= 11 is 0. The first-order valence-electron chi connectivity index (χ1n) is 4.10. The molecule has 0 aromatic carbocycles. The van der Waals surface area contributed by atoms with Gasteiger partial charge in [0.15, 0.2) is 0 Å². The molecule has 0 amide bonds. The number of hydrogen-bond acceptors (Lipinski definition) is 3. The van der Waals surface area contributed by atoms with E-state index in [4.69, 9.17) is 5.73 Å². The molecule has 0 bridgehead atoms. The second-order valence-electron chi connectivity index (χ2n) is 3.99. The smallest absolute Gasteiger partial charge is 0.137 e. The quantitative estimate of drug-likeness (QED) is 0.711. The minimum atomic E-state index is 0.127. The topological polar surface area (TPSA) is 56.7 Å². The maximum Gasteiger partial charge on any atom is 0.137 e. The van der Waals surface area contributed by atoms with Gasteiger partial charge < -0.3 is 5.73 Å². The van der Waals surface area contributed by atoms with Gasteiger partial charge in [0.1, 0.15) is 12.7 Å². The van der Waals surface area contributed by atoms with Gasteiger partial charge in [-0.15, -0.1) is 0 Å². The van der Waals surface area contributed by atoms with Gasteiger partial charge in [-0.1, -0.05) is 20.8 Å². The second kappa shape index (κ2) is 3.23. The van der Waals surface area contributed by atoms with Crippen LogP contribution in [0.5, 0.6) is 0 Å². The standard InChI is InChI=1S/C8H16N4/c1-8(2,3)7(4-9)12-6-10-5-11-12/h5-7H,4,9H2,1-3H3. The second-order valence-corrected chi connectivity index (χ2v) is 3.99. The fraction of sp³-hybridized carbons (Fsp3) is 0.750. The fourth-order valence-corrected chi connectivity index (χ4v) is 1.24. The van der Waals surface area contributed by atoms with E-state index in [1.165, 1.54) is 6.33 Å².